The maximum absolute atomic E-state index is 12.1. The largest absolute Gasteiger partial charge is 0.464 e. The van der Waals surface area contributed by atoms with E-state index in [1.54, 1.807) is 18.5 Å². The minimum absolute atomic E-state index is 0.297. The second kappa shape index (κ2) is 6.05. The number of halogens is 1. The fourth-order valence-electron chi connectivity index (χ4n) is 2.49. The van der Waals surface area contributed by atoms with Gasteiger partial charge in [0.15, 0.2) is 5.65 Å². The van der Waals surface area contributed by atoms with Crippen LogP contribution in [0.1, 0.15) is 50.6 Å². The van der Waals surface area contributed by atoms with E-state index in [9.17, 15) is 4.79 Å². The van der Waals surface area contributed by atoms with E-state index in [1.165, 1.54) is 0 Å². The average molecular weight is 313 g/mol. The Morgan fingerprint density at radius 2 is 2.05 bits per heavy atom. The number of imidazole rings is 1. The van der Waals surface area contributed by atoms with Crippen molar-refractivity contribution in [3.05, 3.63) is 11.5 Å². The van der Waals surface area contributed by atoms with E-state index in [0.29, 0.717) is 12.4 Å². The summed E-state index contributed by atoms with van der Waals surface area (Å²) >= 11 is 6.25. The summed E-state index contributed by atoms with van der Waals surface area (Å²) in [5.41, 5.74) is 2.51. The second-order valence-electron chi connectivity index (χ2n) is 4.98. The van der Waals surface area contributed by atoms with Gasteiger partial charge in [0.2, 0.25) is 0 Å². The molecule has 0 fully saturated rings. The van der Waals surface area contributed by atoms with Crippen molar-refractivity contribution in [2.75, 3.05) is 6.61 Å². The number of hydrogen-bond donors (Lipinski definition) is 0. The molecule has 116 valence electrons. The van der Waals surface area contributed by atoms with Crippen LogP contribution in [-0.4, -0.2) is 31.9 Å². The molecule has 2 heterocycles. The van der Waals surface area contributed by atoms with Gasteiger partial charge in [-0.2, -0.15) is 5.10 Å². The topological polar surface area (TPSA) is 61.9 Å². The fraction of sp³-hybridized carbons (Fsp3) is 0.643. The quantitative estimate of drug-likeness (QED) is 0.629. The fourth-order valence-corrected chi connectivity index (χ4v) is 2.64. The maximum atomic E-state index is 12.1. The van der Waals surface area contributed by atoms with Gasteiger partial charge in [-0.25, -0.2) is 9.78 Å². The van der Waals surface area contributed by atoms with E-state index >= 15 is 0 Å². The van der Waals surface area contributed by atoms with Gasteiger partial charge in [-0.1, -0.05) is 6.92 Å². The van der Waals surface area contributed by atoms with E-state index in [0.717, 1.165) is 23.3 Å². The molecule has 0 bridgehead atoms. The zero-order valence-corrected chi connectivity index (χ0v) is 13.8. The Balaban J connectivity index is 2.66. The molecule has 0 saturated heterocycles. The molecule has 21 heavy (non-hydrogen) atoms. The van der Waals surface area contributed by atoms with Crippen LogP contribution in [0, 0.1) is 0 Å². The monoisotopic (exact) mass is 312 g/mol. The highest BCUT2D eigenvalue weighted by atomic mass is 35.5. The van der Waals surface area contributed by atoms with Crippen LogP contribution in [0.15, 0.2) is 0 Å². The first-order valence-corrected chi connectivity index (χ1v) is 7.60. The molecular formula is C14H21ClN4O2. The van der Waals surface area contributed by atoms with Crippen LogP contribution in [-0.2, 0) is 23.0 Å². The molecule has 0 aliphatic rings. The first kappa shape index (κ1) is 15.8. The van der Waals surface area contributed by atoms with Gasteiger partial charge < -0.3 is 4.74 Å². The van der Waals surface area contributed by atoms with Crippen molar-refractivity contribution in [3.8, 4) is 0 Å². The summed E-state index contributed by atoms with van der Waals surface area (Å²) < 4.78 is 8.70. The summed E-state index contributed by atoms with van der Waals surface area (Å²) in [5.74, 6) is 0.365. The van der Waals surface area contributed by atoms with Gasteiger partial charge in [0.1, 0.15) is 17.4 Å². The smallest absolute Gasteiger partial charge is 0.328 e. The molecular weight excluding hydrogens is 292 g/mol. The molecule has 2 aromatic heterocycles. The third-order valence-corrected chi connectivity index (χ3v) is 3.66. The van der Waals surface area contributed by atoms with E-state index in [1.807, 2.05) is 25.5 Å². The van der Waals surface area contributed by atoms with Crippen molar-refractivity contribution in [3.63, 3.8) is 0 Å². The van der Waals surface area contributed by atoms with Crippen LogP contribution in [0.5, 0.6) is 0 Å². The van der Waals surface area contributed by atoms with Gasteiger partial charge in [0.25, 0.3) is 0 Å². The van der Waals surface area contributed by atoms with Crippen molar-refractivity contribution in [1.29, 1.82) is 0 Å². The molecule has 0 N–H and O–H groups in total. The Morgan fingerprint density at radius 1 is 1.38 bits per heavy atom. The SMILES string of the molecule is CCOC(=O)C(C)n1c(C(C)Cl)nc2c(CC)nn(C)c21. The summed E-state index contributed by atoms with van der Waals surface area (Å²) in [6.07, 6.45) is 0.776. The number of ether oxygens (including phenoxy) is 1. The summed E-state index contributed by atoms with van der Waals surface area (Å²) in [7, 11) is 1.85. The van der Waals surface area contributed by atoms with Crippen molar-refractivity contribution >= 4 is 28.7 Å². The number of fused-ring (bicyclic) bond motifs is 1. The molecule has 2 atom stereocenters. The van der Waals surface area contributed by atoms with Crippen LogP contribution >= 0.6 is 11.6 Å². The highest BCUT2D eigenvalue weighted by molar-refractivity contribution is 6.20. The van der Waals surface area contributed by atoms with Crippen LogP contribution < -0.4 is 0 Å². The predicted octanol–water partition coefficient (Wildman–Crippen LogP) is 2.76. The lowest BCUT2D eigenvalue weighted by Crippen LogP contribution is -2.22. The summed E-state index contributed by atoms with van der Waals surface area (Å²) in [5, 5.41) is 4.15. The van der Waals surface area contributed by atoms with Crippen LogP contribution in [0.3, 0.4) is 0 Å². The number of carbonyl (C=O) groups is 1. The summed E-state index contributed by atoms with van der Waals surface area (Å²) in [6, 6.07) is -0.494. The Labute approximate surface area is 129 Å². The molecule has 2 aromatic rings. The number of aromatic nitrogens is 4. The highest BCUT2D eigenvalue weighted by Crippen LogP contribution is 2.30. The third-order valence-electron chi connectivity index (χ3n) is 3.47. The summed E-state index contributed by atoms with van der Waals surface area (Å²) in [6.45, 7) is 7.80. The van der Waals surface area contributed by atoms with Gasteiger partial charge >= 0.3 is 5.97 Å². The lowest BCUT2D eigenvalue weighted by molar-refractivity contribution is -0.146. The summed E-state index contributed by atoms with van der Waals surface area (Å²) in [4.78, 5) is 16.7. The number of hydrogen-bond acceptors (Lipinski definition) is 4. The van der Waals surface area contributed by atoms with Crippen molar-refractivity contribution in [2.45, 2.75) is 45.5 Å². The van der Waals surface area contributed by atoms with Gasteiger partial charge in [0, 0.05) is 7.05 Å². The number of rotatable bonds is 5. The van der Waals surface area contributed by atoms with E-state index in [4.69, 9.17) is 16.3 Å². The molecule has 2 unspecified atom stereocenters. The zero-order chi connectivity index (χ0) is 15.7. The van der Waals surface area contributed by atoms with E-state index in [2.05, 4.69) is 10.1 Å². The molecule has 0 saturated carbocycles. The van der Waals surface area contributed by atoms with Crippen LogP contribution in [0.2, 0.25) is 0 Å². The van der Waals surface area contributed by atoms with Crippen molar-refractivity contribution in [1.82, 2.24) is 19.3 Å². The van der Waals surface area contributed by atoms with Crippen molar-refractivity contribution in [2.24, 2.45) is 7.05 Å². The molecule has 0 aliphatic carbocycles. The molecule has 0 spiro atoms. The van der Waals surface area contributed by atoms with Crippen LogP contribution in [0.4, 0.5) is 0 Å². The Morgan fingerprint density at radius 3 is 2.57 bits per heavy atom. The van der Waals surface area contributed by atoms with Gasteiger partial charge in [-0.15, -0.1) is 11.6 Å². The highest BCUT2D eigenvalue weighted by Gasteiger charge is 2.27. The van der Waals surface area contributed by atoms with Crippen LogP contribution in [0.25, 0.3) is 11.2 Å². The minimum Gasteiger partial charge on any atom is -0.464 e. The third kappa shape index (κ3) is 2.64. The Bertz CT molecular complexity index is 660. The lowest BCUT2D eigenvalue weighted by atomic mass is 10.3. The Kier molecular flexibility index (Phi) is 4.56. The second-order valence-corrected chi connectivity index (χ2v) is 5.63. The predicted molar refractivity (Wildman–Crippen MR) is 81.5 cm³/mol. The lowest BCUT2D eigenvalue weighted by Gasteiger charge is -2.17. The molecule has 0 amide bonds. The number of aryl methyl sites for hydroxylation is 2. The number of carbonyl (C=O) groups excluding carboxylic acids is 1. The molecule has 0 radical (unpaired) electrons. The molecule has 6 nitrogen and oxygen atoms in total. The minimum atomic E-state index is -0.494. The van der Waals surface area contributed by atoms with E-state index < -0.39 is 6.04 Å². The number of esters is 1. The zero-order valence-electron chi connectivity index (χ0n) is 13.1. The first-order chi connectivity index (χ1) is 9.92. The van der Waals surface area contributed by atoms with E-state index in [-0.39, 0.29) is 11.3 Å². The normalized spacial score (nSPS) is 14.4. The number of alkyl halides is 1. The standard InChI is InChI=1S/C14H21ClN4O2/c1-6-10-11-13(18(5)17-10)19(12(16-11)8(3)15)9(4)14(20)21-7-2/h8-9H,6-7H2,1-5H3. The van der Waals surface area contributed by atoms with Gasteiger partial charge in [-0.05, 0) is 27.2 Å². The maximum Gasteiger partial charge on any atom is 0.328 e. The Hall–Kier alpha value is -1.56. The molecule has 2 rings (SSSR count). The molecule has 0 aromatic carbocycles. The molecule has 7 heteroatoms. The van der Waals surface area contributed by atoms with Gasteiger partial charge in [-0.3, -0.25) is 9.25 Å². The number of nitrogens with zero attached hydrogens (tertiary/aromatic N) is 4. The van der Waals surface area contributed by atoms with Crippen molar-refractivity contribution < 1.29 is 9.53 Å². The first-order valence-electron chi connectivity index (χ1n) is 7.16. The molecule has 0 aliphatic heterocycles. The van der Waals surface area contributed by atoms with Gasteiger partial charge in [0.05, 0.1) is 17.7 Å². The average Bonchev–Trinajstić information content (AvgIpc) is 2.96.